The highest BCUT2D eigenvalue weighted by atomic mass is 16.5. The van der Waals surface area contributed by atoms with Gasteiger partial charge in [0.2, 0.25) is 11.8 Å². The largest absolute Gasteiger partial charge is 0.453 e. The van der Waals surface area contributed by atoms with Gasteiger partial charge in [0.25, 0.3) is 5.91 Å². The highest BCUT2D eigenvalue weighted by Crippen LogP contribution is 2.37. The van der Waals surface area contributed by atoms with Gasteiger partial charge in [-0.05, 0) is 67.9 Å². The summed E-state index contributed by atoms with van der Waals surface area (Å²) in [7, 11) is 2.87. The summed E-state index contributed by atoms with van der Waals surface area (Å²) in [5.74, 6) is 2.24. The number of aromatic amines is 2. The van der Waals surface area contributed by atoms with Gasteiger partial charge >= 0.3 is 6.09 Å². The molecule has 2 fully saturated rings. The number of hydrogen-bond acceptors (Lipinski definition) is 9. The lowest BCUT2D eigenvalue weighted by atomic mass is 10.0. The van der Waals surface area contributed by atoms with Gasteiger partial charge in [0.1, 0.15) is 23.8 Å². The van der Waals surface area contributed by atoms with Crippen LogP contribution in [0.5, 0.6) is 0 Å². The Labute approximate surface area is 301 Å². The molecule has 2 aliphatic rings. The molecule has 3 amide bonds. The molecule has 274 valence electrons. The summed E-state index contributed by atoms with van der Waals surface area (Å²) in [6.45, 7) is 9.01. The van der Waals surface area contributed by atoms with Crippen molar-refractivity contribution < 1.29 is 28.3 Å². The monoisotopic (exact) mass is 710 g/mol. The Morgan fingerprint density at radius 1 is 0.885 bits per heavy atom. The number of carbonyl (C=O) groups is 3. The number of nitrogens with one attached hydrogen (secondary N) is 3. The SMILES string of the molecule is COC(=O)NC(C(=O)N1CCC[C@H]1c1nc2ccc(-c3cnc(-c4cccc5nc([C@@H]6CCCN6C(=O)C(OC)C(C)C)[nH]c45)o3)cc2[nH]1)C(C)C. The van der Waals surface area contributed by atoms with Crippen LogP contribution in [0.2, 0.25) is 0 Å². The van der Waals surface area contributed by atoms with Crippen molar-refractivity contribution >= 4 is 40.0 Å². The lowest BCUT2D eigenvalue weighted by molar-refractivity contribution is -0.145. The Balaban J connectivity index is 1.12. The maximum Gasteiger partial charge on any atom is 0.407 e. The molecule has 0 saturated carbocycles. The first-order chi connectivity index (χ1) is 25.1. The summed E-state index contributed by atoms with van der Waals surface area (Å²) in [4.78, 5) is 64.0. The third-order valence-corrected chi connectivity index (χ3v) is 10.3. The lowest BCUT2D eigenvalue weighted by Gasteiger charge is -2.29. The van der Waals surface area contributed by atoms with Crippen LogP contribution in [0.25, 0.3) is 44.8 Å². The van der Waals surface area contributed by atoms with Crippen molar-refractivity contribution in [2.24, 2.45) is 11.8 Å². The van der Waals surface area contributed by atoms with Crippen LogP contribution in [0.4, 0.5) is 4.79 Å². The van der Waals surface area contributed by atoms with Gasteiger partial charge in [0, 0.05) is 25.8 Å². The molecular formula is C38H46N8O6. The second-order valence-corrected chi connectivity index (χ2v) is 14.3. The molecule has 5 heterocycles. The van der Waals surface area contributed by atoms with Crippen LogP contribution in [0, 0.1) is 11.8 Å². The number of benzene rings is 2. The van der Waals surface area contributed by atoms with Gasteiger partial charge in [0.05, 0.1) is 53.0 Å². The summed E-state index contributed by atoms with van der Waals surface area (Å²) in [5, 5.41) is 2.70. The van der Waals surface area contributed by atoms with Crippen molar-refractivity contribution in [1.82, 2.24) is 40.0 Å². The normalized spacial score (nSPS) is 18.9. The predicted octanol–water partition coefficient (Wildman–Crippen LogP) is 6.14. The number of carbonyl (C=O) groups excluding carboxylic acids is 3. The van der Waals surface area contributed by atoms with E-state index in [2.05, 4.69) is 20.3 Å². The molecule has 2 aromatic carbocycles. The standard InChI is InChI=1S/C38H46N8O6/c1-20(2)30(44-38(49)51-6)36(47)45-16-8-12-27(45)33-40-24-15-14-22(18-26(24)42-33)29-19-39-35(52-29)23-10-7-11-25-31(23)43-34(41-25)28-13-9-17-46(28)37(48)32(50-5)21(3)4/h7,10-11,14-15,18-21,27-28,30,32H,8-9,12-13,16-17H2,1-6H3,(H,40,42)(H,41,43)(H,44,49)/t27-,28-,30?,32?/m0/s1. The number of imidazole rings is 2. The van der Waals surface area contributed by atoms with Gasteiger partial charge in [-0.25, -0.2) is 19.7 Å². The molecule has 0 radical (unpaired) electrons. The van der Waals surface area contributed by atoms with E-state index in [0.29, 0.717) is 30.6 Å². The zero-order chi connectivity index (χ0) is 36.7. The van der Waals surface area contributed by atoms with Crippen molar-refractivity contribution in [3.8, 4) is 22.8 Å². The van der Waals surface area contributed by atoms with Gasteiger partial charge in [0.15, 0.2) is 5.76 Å². The number of likely N-dealkylation sites (tertiary alicyclic amines) is 2. The number of fused-ring (bicyclic) bond motifs is 2. The first-order valence-electron chi connectivity index (χ1n) is 18.0. The van der Waals surface area contributed by atoms with E-state index in [1.165, 1.54) is 7.11 Å². The van der Waals surface area contributed by atoms with E-state index in [0.717, 1.165) is 64.7 Å². The predicted molar refractivity (Wildman–Crippen MR) is 194 cm³/mol. The molecule has 0 bridgehead atoms. The fourth-order valence-corrected chi connectivity index (χ4v) is 7.59. The number of rotatable bonds is 10. The Hall–Kier alpha value is -5.24. The number of aromatic nitrogens is 5. The molecule has 14 heteroatoms. The van der Waals surface area contributed by atoms with Gasteiger partial charge in [-0.1, -0.05) is 33.8 Å². The summed E-state index contributed by atoms with van der Waals surface area (Å²) in [6.07, 6.45) is 3.87. The number of alkyl carbamates (subject to hydrolysis) is 1. The highest BCUT2D eigenvalue weighted by Gasteiger charge is 2.39. The van der Waals surface area contributed by atoms with E-state index >= 15 is 0 Å². The third kappa shape index (κ3) is 6.51. The van der Waals surface area contributed by atoms with E-state index in [1.54, 1.807) is 18.2 Å². The van der Waals surface area contributed by atoms with E-state index in [9.17, 15) is 14.4 Å². The number of ether oxygens (including phenoxy) is 2. The average Bonchev–Trinajstić information content (AvgIpc) is 3.97. The maximum atomic E-state index is 13.6. The molecule has 3 aromatic heterocycles. The van der Waals surface area contributed by atoms with Gasteiger partial charge in [-0.2, -0.15) is 0 Å². The van der Waals surface area contributed by atoms with Crippen molar-refractivity contribution in [3.63, 3.8) is 0 Å². The van der Waals surface area contributed by atoms with Crippen LogP contribution in [0.1, 0.15) is 77.1 Å². The van der Waals surface area contributed by atoms with Crippen molar-refractivity contribution in [3.05, 3.63) is 54.2 Å². The summed E-state index contributed by atoms with van der Waals surface area (Å²) in [6, 6.07) is 10.5. The zero-order valence-corrected chi connectivity index (χ0v) is 30.4. The van der Waals surface area contributed by atoms with Crippen LogP contribution in [0.3, 0.4) is 0 Å². The van der Waals surface area contributed by atoms with Crippen molar-refractivity contribution in [2.45, 2.75) is 77.6 Å². The second-order valence-electron chi connectivity index (χ2n) is 14.3. The van der Waals surface area contributed by atoms with Crippen LogP contribution in [-0.2, 0) is 19.1 Å². The lowest BCUT2D eigenvalue weighted by Crippen LogP contribution is -2.51. The van der Waals surface area contributed by atoms with E-state index in [-0.39, 0.29) is 35.7 Å². The first-order valence-corrected chi connectivity index (χ1v) is 18.0. The molecule has 2 unspecified atom stereocenters. The van der Waals surface area contributed by atoms with Crippen LogP contribution in [0.15, 0.2) is 47.0 Å². The third-order valence-electron chi connectivity index (χ3n) is 10.3. The minimum absolute atomic E-state index is 0.0128. The minimum Gasteiger partial charge on any atom is -0.453 e. The number of nitrogens with zero attached hydrogens (tertiary/aromatic N) is 5. The molecule has 3 N–H and O–H groups in total. The molecule has 52 heavy (non-hydrogen) atoms. The smallest absolute Gasteiger partial charge is 0.407 e. The van der Waals surface area contributed by atoms with E-state index in [4.69, 9.17) is 23.9 Å². The average molecular weight is 711 g/mol. The molecule has 2 aliphatic heterocycles. The van der Waals surface area contributed by atoms with Crippen molar-refractivity contribution in [1.29, 1.82) is 0 Å². The Morgan fingerprint density at radius 3 is 2.25 bits per heavy atom. The molecule has 14 nitrogen and oxygen atoms in total. The number of oxazole rings is 1. The van der Waals surface area contributed by atoms with E-state index in [1.807, 2.05) is 69.0 Å². The number of H-pyrrole nitrogens is 2. The molecule has 0 aliphatic carbocycles. The second kappa shape index (κ2) is 14.4. The molecule has 0 spiro atoms. The molecule has 4 atom stereocenters. The van der Waals surface area contributed by atoms with Gasteiger partial charge in [-0.15, -0.1) is 0 Å². The molecule has 7 rings (SSSR count). The first kappa shape index (κ1) is 35.2. The topological polar surface area (TPSA) is 172 Å². The molecular weight excluding hydrogens is 664 g/mol. The number of hydrogen-bond donors (Lipinski definition) is 3. The van der Waals surface area contributed by atoms with Crippen molar-refractivity contribution in [2.75, 3.05) is 27.3 Å². The molecule has 2 saturated heterocycles. The number of methoxy groups -OCH3 is 2. The summed E-state index contributed by atoms with van der Waals surface area (Å²) >= 11 is 0. The zero-order valence-electron chi connectivity index (χ0n) is 30.4. The summed E-state index contributed by atoms with van der Waals surface area (Å²) in [5.41, 5.74) is 4.73. The van der Waals surface area contributed by atoms with Crippen LogP contribution < -0.4 is 5.32 Å². The fourth-order valence-electron chi connectivity index (χ4n) is 7.59. The maximum absolute atomic E-state index is 13.6. The van der Waals surface area contributed by atoms with E-state index < -0.39 is 18.2 Å². The van der Waals surface area contributed by atoms with Crippen LogP contribution in [-0.4, -0.2) is 92.1 Å². The Bertz CT molecular complexity index is 2100. The Kier molecular flexibility index (Phi) is 9.75. The fraction of sp³-hybridized carbons (Fsp3) is 0.474. The Morgan fingerprint density at radius 2 is 1.58 bits per heavy atom. The number of amides is 3. The number of para-hydroxylation sites is 1. The molecule has 5 aromatic rings. The quantitative estimate of drug-likeness (QED) is 0.154. The van der Waals surface area contributed by atoms with Gasteiger partial charge in [-0.3, -0.25) is 9.59 Å². The highest BCUT2D eigenvalue weighted by molar-refractivity contribution is 5.90. The van der Waals surface area contributed by atoms with Gasteiger partial charge < -0.3 is 39.0 Å². The minimum atomic E-state index is -0.705. The van der Waals surface area contributed by atoms with Crippen LogP contribution >= 0.6 is 0 Å². The summed E-state index contributed by atoms with van der Waals surface area (Å²) < 4.78 is 16.7.